The molecule has 35 heavy (non-hydrogen) atoms. The molecule has 0 spiro atoms. The van der Waals surface area contributed by atoms with Crippen LogP contribution in [0.5, 0.6) is 0 Å². The molecule has 0 aliphatic rings. The van der Waals surface area contributed by atoms with Crippen LogP contribution in [0.2, 0.25) is 0 Å². The van der Waals surface area contributed by atoms with Gasteiger partial charge >= 0.3 is 5.97 Å². The fraction of sp³-hybridized carbons (Fsp3) is 0.308. The van der Waals surface area contributed by atoms with Gasteiger partial charge in [0.15, 0.2) is 11.9 Å². The minimum absolute atomic E-state index is 0.0202. The number of nitrogens with zero attached hydrogens (tertiary/aromatic N) is 1. The van der Waals surface area contributed by atoms with E-state index in [1.54, 1.807) is 0 Å². The number of hydrogen-bond acceptors (Lipinski definition) is 7. The van der Waals surface area contributed by atoms with E-state index in [9.17, 15) is 19.5 Å². The van der Waals surface area contributed by atoms with Gasteiger partial charge in [-0.3, -0.25) is 14.7 Å². The molecule has 0 saturated heterocycles. The molecule has 0 saturated carbocycles. The summed E-state index contributed by atoms with van der Waals surface area (Å²) in [6.45, 7) is 1.59. The van der Waals surface area contributed by atoms with Crippen molar-refractivity contribution in [3.63, 3.8) is 0 Å². The topological polar surface area (TPSA) is 131 Å². The van der Waals surface area contributed by atoms with Crippen LogP contribution in [0.25, 0.3) is 11.1 Å². The molecular weight excluding hydrogens is 450 g/mol. The summed E-state index contributed by atoms with van der Waals surface area (Å²) in [5, 5.41) is 19.6. The summed E-state index contributed by atoms with van der Waals surface area (Å²) in [4.78, 5) is 36.4. The molecule has 1 heterocycles. The molecule has 1 amide bonds. The van der Waals surface area contributed by atoms with Crippen LogP contribution >= 0.6 is 0 Å². The second-order valence-electron chi connectivity index (χ2n) is 8.07. The Balaban J connectivity index is 1.72. The van der Waals surface area contributed by atoms with Crippen LogP contribution in [0.4, 0.5) is 0 Å². The predicted molar refractivity (Wildman–Crippen MR) is 129 cm³/mol. The number of carbonyl (C=O) groups is 3. The lowest BCUT2D eigenvalue weighted by atomic mass is 9.97. The standard InChI is InChI=1S/C26H29N3O6/c1-17(30)22-16-23(29-28-22)25(32)27-21(15-24(31)26(33)35-13-12-34-2)14-18-8-10-20(11-9-18)19-6-4-3-5-7-19/h3-11,16,21,24,31H,12-15H2,1-2H3,(H,27,32)(H,28,29)/t21-,24-/m1/s1. The highest BCUT2D eigenvalue weighted by atomic mass is 16.6. The molecule has 3 aromatic rings. The van der Waals surface area contributed by atoms with Gasteiger partial charge in [-0.1, -0.05) is 54.6 Å². The van der Waals surface area contributed by atoms with Gasteiger partial charge < -0.3 is 19.9 Å². The fourth-order valence-corrected chi connectivity index (χ4v) is 3.51. The summed E-state index contributed by atoms with van der Waals surface area (Å²) >= 11 is 0. The van der Waals surface area contributed by atoms with E-state index < -0.39 is 24.0 Å². The van der Waals surface area contributed by atoms with Crippen LogP contribution in [0.3, 0.4) is 0 Å². The Morgan fingerprint density at radius 1 is 1.03 bits per heavy atom. The summed E-state index contributed by atoms with van der Waals surface area (Å²) in [6, 6.07) is 18.5. The molecule has 0 unspecified atom stereocenters. The van der Waals surface area contributed by atoms with Gasteiger partial charge in [0.05, 0.1) is 6.61 Å². The summed E-state index contributed by atoms with van der Waals surface area (Å²) < 4.78 is 9.84. The number of Topliss-reactive ketones (excluding diaryl/α,β-unsaturated/α-hetero) is 1. The monoisotopic (exact) mass is 479 g/mol. The second kappa shape index (κ2) is 12.6. The van der Waals surface area contributed by atoms with E-state index in [4.69, 9.17) is 9.47 Å². The zero-order valence-electron chi connectivity index (χ0n) is 19.7. The summed E-state index contributed by atoms with van der Waals surface area (Å²) in [7, 11) is 1.48. The van der Waals surface area contributed by atoms with Crippen molar-refractivity contribution in [3.05, 3.63) is 77.6 Å². The number of aromatic amines is 1. The van der Waals surface area contributed by atoms with Crippen molar-refractivity contribution < 1.29 is 29.0 Å². The van der Waals surface area contributed by atoms with E-state index in [0.717, 1.165) is 16.7 Å². The average molecular weight is 480 g/mol. The fourth-order valence-electron chi connectivity index (χ4n) is 3.51. The summed E-state index contributed by atoms with van der Waals surface area (Å²) in [5.74, 6) is -1.57. The molecular formula is C26H29N3O6. The Morgan fingerprint density at radius 3 is 2.34 bits per heavy atom. The number of H-pyrrole nitrogens is 1. The summed E-state index contributed by atoms with van der Waals surface area (Å²) in [6.07, 6.45) is -1.14. The lowest BCUT2D eigenvalue weighted by molar-refractivity contribution is -0.155. The number of esters is 1. The lowest BCUT2D eigenvalue weighted by Crippen LogP contribution is -2.41. The van der Waals surface area contributed by atoms with Gasteiger partial charge in [0.1, 0.15) is 18.0 Å². The largest absolute Gasteiger partial charge is 0.461 e. The van der Waals surface area contributed by atoms with Crippen LogP contribution in [0, 0.1) is 0 Å². The summed E-state index contributed by atoms with van der Waals surface area (Å²) in [5.41, 5.74) is 3.29. The third kappa shape index (κ3) is 7.59. The molecule has 9 heteroatoms. The first-order chi connectivity index (χ1) is 16.9. The molecule has 3 N–H and O–H groups in total. The Labute approximate surface area is 203 Å². The van der Waals surface area contributed by atoms with Gasteiger partial charge in [0.2, 0.25) is 0 Å². The highest BCUT2D eigenvalue weighted by molar-refractivity contribution is 5.97. The minimum Gasteiger partial charge on any atom is -0.461 e. The molecule has 184 valence electrons. The molecule has 1 aromatic heterocycles. The first-order valence-electron chi connectivity index (χ1n) is 11.2. The number of rotatable bonds is 12. The lowest BCUT2D eigenvalue weighted by Gasteiger charge is -2.21. The molecule has 9 nitrogen and oxygen atoms in total. The molecule has 0 aliphatic carbocycles. The predicted octanol–water partition coefficient (Wildman–Crippen LogP) is 2.56. The number of benzene rings is 2. The number of ketones is 1. The Bertz CT molecular complexity index is 1130. The third-order valence-corrected chi connectivity index (χ3v) is 5.37. The number of ether oxygens (including phenoxy) is 2. The van der Waals surface area contributed by atoms with Gasteiger partial charge in [-0.05, 0) is 29.2 Å². The zero-order valence-corrected chi connectivity index (χ0v) is 19.7. The normalized spacial score (nSPS) is 12.5. The van der Waals surface area contributed by atoms with Crippen molar-refractivity contribution in [2.45, 2.75) is 31.9 Å². The number of amides is 1. The van der Waals surface area contributed by atoms with Gasteiger partial charge in [-0.2, -0.15) is 5.10 Å². The van der Waals surface area contributed by atoms with E-state index in [-0.39, 0.29) is 36.8 Å². The quantitative estimate of drug-likeness (QED) is 0.207. The third-order valence-electron chi connectivity index (χ3n) is 5.37. The molecule has 0 radical (unpaired) electrons. The minimum atomic E-state index is -1.43. The highest BCUT2D eigenvalue weighted by Gasteiger charge is 2.25. The number of aromatic nitrogens is 2. The van der Waals surface area contributed by atoms with Crippen LogP contribution in [-0.4, -0.2) is 65.4 Å². The molecule has 0 fully saturated rings. The van der Waals surface area contributed by atoms with E-state index in [1.807, 2.05) is 54.6 Å². The Morgan fingerprint density at radius 2 is 1.71 bits per heavy atom. The van der Waals surface area contributed by atoms with E-state index >= 15 is 0 Å². The van der Waals surface area contributed by atoms with Crippen LogP contribution in [0.1, 0.15) is 39.9 Å². The van der Waals surface area contributed by atoms with Crippen molar-refractivity contribution in [3.8, 4) is 11.1 Å². The molecule has 3 rings (SSSR count). The highest BCUT2D eigenvalue weighted by Crippen LogP contribution is 2.20. The molecule has 0 aliphatic heterocycles. The average Bonchev–Trinajstić information content (AvgIpc) is 3.36. The Kier molecular flexibility index (Phi) is 9.28. The number of aliphatic hydroxyl groups is 1. The maximum atomic E-state index is 12.8. The first kappa shape index (κ1) is 25.8. The number of aliphatic hydroxyl groups excluding tert-OH is 1. The maximum absolute atomic E-state index is 12.8. The Hall–Kier alpha value is -3.82. The van der Waals surface area contributed by atoms with Crippen molar-refractivity contribution in [1.29, 1.82) is 0 Å². The van der Waals surface area contributed by atoms with Crippen molar-refractivity contribution in [1.82, 2.24) is 15.5 Å². The van der Waals surface area contributed by atoms with Gasteiger partial charge in [0.25, 0.3) is 5.91 Å². The van der Waals surface area contributed by atoms with Crippen molar-refractivity contribution in [2.24, 2.45) is 0 Å². The van der Waals surface area contributed by atoms with E-state index in [0.29, 0.717) is 6.42 Å². The number of hydrogen-bond donors (Lipinski definition) is 3. The molecule has 2 aromatic carbocycles. The second-order valence-corrected chi connectivity index (χ2v) is 8.07. The maximum Gasteiger partial charge on any atom is 0.335 e. The first-order valence-corrected chi connectivity index (χ1v) is 11.2. The SMILES string of the molecule is COCCOC(=O)[C@H](O)C[C@@H](Cc1ccc(-c2ccccc2)cc1)NC(=O)c1cc(C(C)=O)n[nH]1. The van der Waals surface area contributed by atoms with Crippen LogP contribution in [0.15, 0.2) is 60.7 Å². The van der Waals surface area contributed by atoms with Crippen molar-refractivity contribution >= 4 is 17.7 Å². The van der Waals surface area contributed by atoms with Crippen LogP contribution < -0.4 is 5.32 Å². The number of carbonyl (C=O) groups excluding carboxylic acids is 3. The van der Waals surface area contributed by atoms with E-state index in [1.165, 1.54) is 20.1 Å². The van der Waals surface area contributed by atoms with Crippen LogP contribution in [-0.2, 0) is 20.7 Å². The molecule has 2 atom stereocenters. The van der Waals surface area contributed by atoms with Gasteiger partial charge in [-0.15, -0.1) is 0 Å². The van der Waals surface area contributed by atoms with Gasteiger partial charge in [0, 0.05) is 26.5 Å². The smallest absolute Gasteiger partial charge is 0.335 e. The zero-order chi connectivity index (χ0) is 25.2. The molecule has 0 bridgehead atoms. The van der Waals surface area contributed by atoms with Gasteiger partial charge in [-0.25, -0.2) is 4.79 Å². The van der Waals surface area contributed by atoms with E-state index in [2.05, 4.69) is 15.5 Å². The number of methoxy groups -OCH3 is 1. The van der Waals surface area contributed by atoms with Crippen molar-refractivity contribution in [2.75, 3.05) is 20.3 Å². The number of nitrogens with one attached hydrogen (secondary N) is 2.